The second-order valence-electron chi connectivity index (χ2n) is 6.30. The first-order valence-electron chi connectivity index (χ1n) is 6.99. The molecule has 1 aliphatic carbocycles. The van der Waals surface area contributed by atoms with E-state index in [1.165, 1.54) is 22.9 Å². The summed E-state index contributed by atoms with van der Waals surface area (Å²) in [6.07, 6.45) is 2.61. The maximum Gasteiger partial charge on any atom is 0.0213 e. The largest absolute Gasteiger partial charge is 0.316 e. The van der Waals surface area contributed by atoms with Crippen molar-refractivity contribution in [3.63, 3.8) is 0 Å². The highest BCUT2D eigenvalue weighted by molar-refractivity contribution is 9.10. The number of hydrogen-bond donors (Lipinski definition) is 1. The molecule has 0 aliphatic heterocycles. The summed E-state index contributed by atoms with van der Waals surface area (Å²) < 4.78 is 1.27. The van der Waals surface area contributed by atoms with Gasteiger partial charge in [0.1, 0.15) is 0 Å². The Bertz CT molecular complexity index is 394. The van der Waals surface area contributed by atoms with Gasteiger partial charge < -0.3 is 5.32 Å². The molecule has 2 heteroatoms. The fourth-order valence-electron chi connectivity index (χ4n) is 3.23. The third-order valence-corrected chi connectivity index (χ3v) is 4.63. The predicted molar refractivity (Wildman–Crippen MR) is 81.9 cm³/mol. The van der Waals surface area contributed by atoms with Gasteiger partial charge in [-0.2, -0.15) is 0 Å². The van der Waals surface area contributed by atoms with Gasteiger partial charge in [0.05, 0.1) is 0 Å². The first-order valence-corrected chi connectivity index (χ1v) is 7.78. The van der Waals surface area contributed by atoms with Crippen LogP contribution in [0.25, 0.3) is 0 Å². The average Bonchev–Trinajstić information content (AvgIpc) is 2.26. The third-order valence-electron chi connectivity index (χ3n) is 3.94. The Morgan fingerprint density at radius 2 is 2.00 bits per heavy atom. The van der Waals surface area contributed by atoms with E-state index in [0.717, 1.165) is 24.9 Å². The van der Waals surface area contributed by atoms with Gasteiger partial charge in [-0.05, 0) is 42.9 Å². The van der Waals surface area contributed by atoms with Crippen molar-refractivity contribution in [2.24, 2.45) is 11.8 Å². The van der Waals surface area contributed by atoms with E-state index in [4.69, 9.17) is 0 Å². The molecule has 0 radical (unpaired) electrons. The summed E-state index contributed by atoms with van der Waals surface area (Å²) in [6.45, 7) is 9.11. The Balaban J connectivity index is 2.10. The molecule has 0 amide bonds. The van der Waals surface area contributed by atoms with E-state index in [-0.39, 0.29) is 0 Å². The van der Waals surface area contributed by atoms with Crippen molar-refractivity contribution in [2.75, 3.05) is 13.1 Å². The van der Waals surface area contributed by atoms with Crippen LogP contribution in [0.1, 0.15) is 39.2 Å². The highest BCUT2D eigenvalue weighted by Gasteiger charge is 2.43. The Hall–Kier alpha value is -0.340. The van der Waals surface area contributed by atoms with Crippen LogP contribution >= 0.6 is 15.9 Å². The smallest absolute Gasteiger partial charge is 0.0213 e. The molecule has 0 unspecified atom stereocenters. The molecule has 2 rings (SSSR count). The minimum absolute atomic E-state index is 0.356. The highest BCUT2D eigenvalue weighted by Crippen LogP contribution is 2.49. The number of hydrogen-bond acceptors (Lipinski definition) is 1. The van der Waals surface area contributed by atoms with Crippen LogP contribution in [0, 0.1) is 11.8 Å². The molecular formula is C16H24BrN. The molecule has 0 atom stereocenters. The average molecular weight is 310 g/mol. The lowest BCUT2D eigenvalue weighted by molar-refractivity contribution is 0.150. The first kappa shape index (κ1) is 14.1. The molecule has 1 N–H and O–H groups in total. The van der Waals surface area contributed by atoms with Crippen molar-refractivity contribution >= 4 is 15.9 Å². The Kier molecular flexibility index (Phi) is 4.50. The molecule has 1 aromatic rings. The number of rotatable bonds is 5. The van der Waals surface area contributed by atoms with E-state index in [9.17, 15) is 0 Å². The van der Waals surface area contributed by atoms with E-state index in [0.29, 0.717) is 5.41 Å². The van der Waals surface area contributed by atoms with Crippen molar-refractivity contribution < 1.29 is 0 Å². The van der Waals surface area contributed by atoms with Gasteiger partial charge in [0.15, 0.2) is 0 Å². The Morgan fingerprint density at radius 1 is 1.33 bits per heavy atom. The Labute approximate surface area is 119 Å². The molecule has 0 spiro atoms. The summed E-state index contributed by atoms with van der Waals surface area (Å²) >= 11 is 3.72. The van der Waals surface area contributed by atoms with Crippen LogP contribution < -0.4 is 5.32 Å². The zero-order valence-electron chi connectivity index (χ0n) is 11.7. The van der Waals surface area contributed by atoms with Crippen molar-refractivity contribution in [1.82, 2.24) is 5.32 Å². The maximum absolute atomic E-state index is 3.72. The fourth-order valence-corrected chi connectivity index (χ4v) is 3.93. The molecule has 100 valence electrons. The van der Waals surface area contributed by atoms with Gasteiger partial charge in [-0.25, -0.2) is 0 Å². The van der Waals surface area contributed by atoms with E-state index < -0.39 is 0 Å². The lowest BCUT2D eigenvalue weighted by Crippen LogP contribution is -2.48. The number of halogens is 1. The van der Waals surface area contributed by atoms with Crippen LogP contribution in [-0.4, -0.2) is 13.1 Å². The Morgan fingerprint density at radius 3 is 2.56 bits per heavy atom. The summed E-state index contributed by atoms with van der Waals surface area (Å²) in [5.74, 6) is 1.58. The molecule has 1 fully saturated rings. The van der Waals surface area contributed by atoms with E-state index >= 15 is 0 Å². The normalized spacial score (nSPS) is 27.3. The minimum Gasteiger partial charge on any atom is -0.316 e. The zero-order chi connectivity index (χ0) is 13.2. The zero-order valence-corrected chi connectivity index (χ0v) is 13.3. The summed E-state index contributed by atoms with van der Waals surface area (Å²) in [6, 6.07) is 8.72. The quantitative estimate of drug-likeness (QED) is 0.852. The van der Waals surface area contributed by atoms with Crippen LogP contribution in [0.2, 0.25) is 0 Å². The molecule has 1 saturated carbocycles. The monoisotopic (exact) mass is 309 g/mol. The van der Waals surface area contributed by atoms with Crippen molar-refractivity contribution in [1.29, 1.82) is 0 Å². The van der Waals surface area contributed by atoms with Crippen LogP contribution in [0.5, 0.6) is 0 Å². The van der Waals surface area contributed by atoms with Gasteiger partial charge in [-0.1, -0.05) is 54.9 Å². The SMILES string of the molecule is CC(C)CNCC1(c2ccccc2Br)CC(C)C1. The lowest BCUT2D eigenvalue weighted by atomic mass is 9.59. The molecule has 0 saturated heterocycles. The summed E-state index contributed by atoms with van der Waals surface area (Å²) in [5.41, 5.74) is 1.84. The third kappa shape index (κ3) is 2.97. The van der Waals surface area contributed by atoms with Crippen molar-refractivity contribution in [3.05, 3.63) is 34.3 Å². The van der Waals surface area contributed by atoms with Gasteiger partial charge in [0.2, 0.25) is 0 Å². The molecule has 1 aliphatic rings. The van der Waals surface area contributed by atoms with E-state index in [1.807, 2.05) is 0 Å². The summed E-state index contributed by atoms with van der Waals surface area (Å²) in [4.78, 5) is 0. The van der Waals surface area contributed by atoms with Gasteiger partial charge >= 0.3 is 0 Å². The van der Waals surface area contributed by atoms with Crippen LogP contribution in [0.4, 0.5) is 0 Å². The second-order valence-corrected chi connectivity index (χ2v) is 7.15. The topological polar surface area (TPSA) is 12.0 Å². The van der Waals surface area contributed by atoms with Gasteiger partial charge in [-0.15, -0.1) is 0 Å². The highest BCUT2D eigenvalue weighted by atomic mass is 79.9. The van der Waals surface area contributed by atoms with Gasteiger partial charge in [0, 0.05) is 16.4 Å². The number of nitrogens with one attached hydrogen (secondary N) is 1. The summed E-state index contributed by atoms with van der Waals surface area (Å²) in [7, 11) is 0. The summed E-state index contributed by atoms with van der Waals surface area (Å²) in [5, 5.41) is 3.65. The van der Waals surface area contributed by atoms with Crippen molar-refractivity contribution in [3.8, 4) is 0 Å². The van der Waals surface area contributed by atoms with Crippen LogP contribution in [-0.2, 0) is 5.41 Å². The number of benzene rings is 1. The van der Waals surface area contributed by atoms with E-state index in [2.05, 4.69) is 66.3 Å². The molecule has 0 aromatic heterocycles. The lowest BCUT2D eigenvalue weighted by Gasteiger charge is -2.48. The molecule has 18 heavy (non-hydrogen) atoms. The molecular weight excluding hydrogens is 286 g/mol. The van der Waals surface area contributed by atoms with Crippen LogP contribution in [0.15, 0.2) is 28.7 Å². The standard InChI is InChI=1S/C16H24BrN/c1-12(2)10-18-11-16(8-13(3)9-16)14-6-4-5-7-15(14)17/h4-7,12-13,18H,8-11H2,1-3H3. The fraction of sp³-hybridized carbons (Fsp3) is 0.625. The molecule has 1 aromatic carbocycles. The molecule has 1 nitrogen and oxygen atoms in total. The van der Waals surface area contributed by atoms with E-state index in [1.54, 1.807) is 0 Å². The first-order chi connectivity index (χ1) is 8.53. The molecule has 0 heterocycles. The van der Waals surface area contributed by atoms with Crippen LogP contribution in [0.3, 0.4) is 0 Å². The van der Waals surface area contributed by atoms with Gasteiger partial charge in [0.25, 0.3) is 0 Å². The maximum atomic E-state index is 3.72. The second kappa shape index (κ2) is 5.75. The van der Waals surface area contributed by atoms with Crippen molar-refractivity contribution in [2.45, 2.75) is 39.0 Å². The predicted octanol–water partition coefficient (Wildman–Crippen LogP) is 4.36. The minimum atomic E-state index is 0.356. The molecule has 0 bridgehead atoms. The van der Waals surface area contributed by atoms with Gasteiger partial charge in [-0.3, -0.25) is 0 Å².